The van der Waals surface area contributed by atoms with Gasteiger partial charge in [0.05, 0.1) is 17.5 Å². The zero-order valence-electron chi connectivity index (χ0n) is 14.2. The number of fused-ring (bicyclic) bond motifs is 1. The number of likely N-dealkylation sites (tertiary alicyclic amines) is 1. The monoisotopic (exact) mass is 336 g/mol. The minimum Gasteiger partial charge on any atom is -0.469 e. The lowest BCUT2D eigenvalue weighted by molar-refractivity contribution is -0.174. The molecule has 2 aliphatic rings. The first kappa shape index (κ1) is 16.4. The van der Waals surface area contributed by atoms with Crippen LogP contribution in [0.25, 0.3) is 0 Å². The first-order valence-electron chi connectivity index (χ1n) is 8.16. The van der Waals surface area contributed by atoms with E-state index in [1.165, 1.54) is 18.4 Å². The molecule has 0 N–H and O–H groups in total. The van der Waals surface area contributed by atoms with Crippen molar-refractivity contribution in [2.75, 3.05) is 20.2 Å². The maximum absolute atomic E-state index is 12.8. The van der Waals surface area contributed by atoms with Crippen LogP contribution in [0.15, 0.2) is 5.38 Å². The third-order valence-corrected chi connectivity index (χ3v) is 6.28. The zero-order valence-corrected chi connectivity index (χ0v) is 15.0. The molecule has 0 aromatic carbocycles. The molecule has 1 aliphatic heterocycles. The van der Waals surface area contributed by atoms with Gasteiger partial charge in [0, 0.05) is 18.5 Å². The molecule has 1 aromatic rings. The van der Waals surface area contributed by atoms with Gasteiger partial charge in [0.2, 0.25) is 0 Å². The van der Waals surface area contributed by atoms with Crippen LogP contribution in [-0.2, 0) is 16.0 Å². The number of aryl methyl sites for hydroxylation is 1. The number of carbonyl (C=O) groups excluding carboxylic acids is 2. The number of esters is 1. The Bertz CT molecular complexity index is 640. The van der Waals surface area contributed by atoms with Gasteiger partial charge in [0.1, 0.15) is 5.69 Å². The van der Waals surface area contributed by atoms with Crippen LogP contribution in [-0.4, -0.2) is 42.0 Å². The van der Waals surface area contributed by atoms with Gasteiger partial charge < -0.3 is 9.64 Å². The molecule has 1 aliphatic carbocycles. The predicted molar refractivity (Wildman–Crippen MR) is 88.3 cm³/mol. The molecule has 126 valence electrons. The highest BCUT2D eigenvalue weighted by Gasteiger charge is 2.68. The molecule has 2 fully saturated rings. The number of rotatable bonds is 4. The van der Waals surface area contributed by atoms with E-state index in [4.69, 9.17) is 4.74 Å². The summed E-state index contributed by atoms with van der Waals surface area (Å²) < 4.78 is 5.03. The van der Waals surface area contributed by atoms with E-state index in [9.17, 15) is 9.59 Å². The molecule has 1 amide bonds. The summed E-state index contributed by atoms with van der Waals surface area (Å²) in [6.45, 7) is 7.49. The lowest BCUT2D eigenvalue weighted by Gasteiger charge is -2.54. The van der Waals surface area contributed by atoms with E-state index in [-0.39, 0.29) is 23.2 Å². The molecular formula is C17H24N2O3S. The molecule has 2 atom stereocenters. The highest BCUT2D eigenvalue weighted by atomic mass is 32.1. The van der Waals surface area contributed by atoms with Crippen molar-refractivity contribution in [2.45, 2.75) is 40.0 Å². The summed E-state index contributed by atoms with van der Waals surface area (Å²) in [5.41, 5.74) is 0.0621. The van der Waals surface area contributed by atoms with Crippen LogP contribution in [0.3, 0.4) is 0 Å². The van der Waals surface area contributed by atoms with E-state index in [1.54, 1.807) is 4.90 Å². The Kier molecular flexibility index (Phi) is 3.99. The van der Waals surface area contributed by atoms with Crippen LogP contribution in [0.1, 0.15) is 49.1 Å². The van der Waals surface area contributed by atoms with Gasteiger partial charge in [-0.2, -0.15) is 0 Å². The standard InChI is InChI=1S/C17H24N2O3S/c1-5-6-13-18-11(8-23-13)14(20)19-7-12-16(2,3)9-17(12,10-19)15(21)22-4/h8,12H,5-7,9-10H2,1-4H3/t12-,17+/m1/s1. The van der Waals surface area contributed by atoms with Crippen molar-refractivity contribution in [3.8, 4) is 0 Å². The van der Waals surface area contributed by atoms with Gasteiger partial charge in [-0.1, -0.05) is 20.8 Å². The van der Waals surface area contributed by atoms with E-state index >= 15 is 0 Å². The predicted octanol–water partition coefficient (Wildman–Crippen LogP) is 2.76. The van der Waals surface area contributed by atoms with E-state index in [0.717, 1.165) is 24.3 Å². The molecular weight excluding hydrogens is 312 g/mol. The minimum atomic E-state index is -0.518. The van der Waals surface area contributed by atoms with Gasteiger partial charge in [0.25, 0.3) is 5.91 Å². The number of amides is 1. The fraction of sp³-hybridized carbons (Fsp3) is 0.706. The molecule has 0 spiro atoms. The Hall–Kier alpha value is -1.43. The number of nitrogens with zero attached hydrogens (tertiary/aromatic N) is 2. The van der Waals surface area contributed by atoms with Crippen LogP contribution in [0, 0.1) is 16.7 Å². The van der Waals surface area contributed by atoms with Crippen LogP contribution < -0.4 is 0 Å². The van der Waals surface area contributed by atoms with Gasteiger partial charge in [0.15, 0.2) is 0 Å². The normalized spacial score (nSPS) is 28.2. The summed E-state index contributed by atoms with van der Waals surface area (Å²) in [6, 6.07) is 0. The third-order valence-electron chi connectivity index (χ3n) is 5.37. The molecule has 1 aromatic heterocycles. The zero-order chi connectivity index (χ0) is 16.8. The number of aromatic nitrogens is 1. The second kappa shape index (κ2) is 5.58. The average Bonchev–Trinajstić information content (AvgIpc) is 3.09. The molecule has 0 radical (unpaired) electrons. The molecule has 6 heteroatoms. The van der Waals surface area contributed by atoms with Crippen LogP contribution >= 0.6 is 11.3 Å². The molecule has 0 bridgehead atoms. The number of carbonyl (C=O) groups is 2. The van der Waals surface area contributed by atoms with Crippen molar-refractivity contribution in [3.05, 3.63) is 16.1 Å². The van der Waals surface area contributed by atoms with Crippen molar-refractivity contribution in [3.63, 3.8) is 0 Å². The summed E-state index contributed by atoms with van der Waals surface area (Å²) in [5, 5.41) is 2.84. The van der Waals surface area contributed by atoms with Crippen molar-refractivity contribution in [1.29, 1.82) is 0 Å². The van der Waals surface area contributed by atoms with Crippen LogP contribution in [0.2, 0.25) is 0 Å². The van der Waals surface area contributed by atoms with Crippen molar-refractivity contribution in [2.24, 2.45) is 16.7 Å². The van der Waals surface area contributed by atoms with Gasteiger partial charge in [-0.15, -0.1) is 11.3 Å². The molecule has 2 heterocycles. The summed E-state index contributed by atoms with van der Waals surface area (Å²) in [5.74, 6) is -0.0701. The quantitative estimate of drug-likeness (QED) is 0.793. The van der Waals surface area contributed by atoms with Gasteiger partial charge in [-0.25, -0.2) is 4.98 Å². The molecule has 5 nitrogen and oxygen atoms in total. The number of ether oxygens (including phenoxy) is 1. The Morgan fingerprint density at radius 2 is 2.22 bits per heavy atom. The number of hydrogen-bond acceptors (Lipinski definition) is 5. The highest BCUT2D eigenvalue weighted by molar-refractivity contribution is 7.09. The fourth-order valence-corrected chi connectivity index (χ4v) is 5.30. The lowest BCUT2D eigenvalue weighted by Crippen LogP contribution is -2.57. The van der Waals surface area contributed by atoms with E-state index in [0.29, 0.717) is 18.8 Å². The summed E-state index contributed by atoms with van der Waals surface area (Å²) >= 11 is 1.54. The first-order chi connectivity index (χ1) is 10.8. The van der Waals surface area contributed by atoms with Crippen molar-refractivity contribution >= 4 is 23.2 Å². The summed E-state index contributed by atoms with van der Waals surface area (Å²) in [4.78, 5) is 31.3. The van der Waals surface area contributed by atoms with Crippen LogP contribution in [0.4, 0.5) is 0 Å². The van der Waals surface area contributed by atoms with E-state index < -0.39 is 5.41 Å². The second-order valence-corrected chi connectivity index (χ2v) is 8.37. The molecule has 1 saturated carbocycles. The van der Waals surface area contributed by atoms with Gasteiger partial charge in [-0.05, 0) is 30.6 Å². The Morgan fingerprint density at radius 1 is 1.48 bits per heavy atom. The van der Waals surface area contributed by atoms with Crippen molar-refractivity contribution < 1.29 is 14.3 Å². The van der Waals surface area contributed by atoms with Crippen LogP contribution in [0.5, 0.6) is 0 Å². The SMILES string of the molecule is CCCc1nc(C(=O)N2C[C@@H]3C(C)(C)C[C@]3(C(=O)OC)C2)cs1. The summed E-state index contributed by atoms with van der Waals surface area (Å²) in [7, 11) is 1.43. The Morgan fingerprint density at radius 3 is 2.83 bits per heavy atom. The van der Waals surface area contributed by atoms with E-state index in [2.05, 4.69) is 25.8 Å². The lowest BCUT2D eigenvalue weighted by atomic mass is 9.48. The van der Waals surface area contributed by atoms with Gasteiger partial charge in [-0.3, -0.25) is 9.59 Å². The summed E-state index contributed by atoms with van der Waals surface area (Å²) in [6.07, 6.45) is 2.70. The Labute approximate surface area is 141 Å². The minimum absolute atomic E-state index is 0.0583. The average molecular weight is 336 g/mol. The number of thiazole rings is 1. The molecule has 23 heavy (non-hydrogen) atoms. The fourth-order valence-electron chi connectivity index (χ4n) is 4.43. The molecule has 1 saturated heterocycles. The van der Waals surface area contributed by atoms with Crippen molar-refractivity contribution in [1.82, 2.24) is 9.88 Å². The maximum atomic E-state index is 12.8. The van der Waals surface area contributed by atoms with Gasteiger partial charge >= 0.3 is 5.97 Å². The topological polar surface area (TPSA) is 59.5 Å². The highest BCUT2D eigenvalue weighted by Crippen LogP contribution is 2.63. The number of hydrogen-bond donors (Lipinski definition) is 0. The van der Waals surface area contributed by atoms with E-state index in [1.807, 2.05) is 5.38 Å². The maximum Gasteiger partial charge on any atom is 0.314 e. The first-order valence-corrected chi connectivity index (χ1v) is 9.04. The smallest absolute Gasteiger partial charge is 0.314 e. The molecule has 3 rings (SSSR count). The third kappa shape index (κ3) is 2.47. The Balaban J connectivity index is 1.79. The largest absolute Gasteiger partial charge is 0.469 e. The second-order valence-electron chi connectivity index (χ2n) is 7.43. The molecule has 0 unspecified atom stereocenters. The number of methoxy groups -OCH3 is 1.